The van der Waals surface area contributed by atoms with Gasteiger partial charge in [0.1, 0.15) is 0 Å². The first-order valence-electron chi connectivity index (χ1n) is 8.55. The van der Waals surface area contributed by atoms with Crippen molar-refractivity contribution < 1.29 is 4.79 Å². The molecule has 4 aromatic rings. The number of anilines is 1. The van der Waals surface area contributed by atoms with Crippen LogP contribution in [0.1, 0.15) is 16.9 Å². The van der Waals surface area contributed by atoms with Gasteiger partial charge in [-0.05, 0) is 37.2 Å². The molecule has 1 amide bonds. The van der Waals surface area contributed by atoms with E-state index in [1.165, 1.54) is 0 Å². The van der Waals surface area contributed by atoms with Gasteiger partial charge in [0.15, 0.2) is 5.69 Å². The Morgan fingerprint density at radius 2 is 2.04 bits per heavy atom. The summed E-state index contributed by atoms with van der Waals surface area (Å²) in [5, 5.41) is 8.12. The molecule has 2 aromatic carbocycles. The summed E-state index contributed by atoms with van der Waals surface area (Å²) in [5.41, 5.74) is 9.47. The molecule has 0 spiro atoms. The van der Waals surface area contributed by atoms with E-state index in [-0.39, 0.29) is 5.91 Å². The first-order chi connectivity index (χ1) is 12.7. The Labute approximate surface area is 150 Å². The summed E-state index contributed by atoms with van der Waals surface area (Å²) in [6, 6.07) is 13.4. The largest absolute Gasteiger partial charge is 0.331 e. The molecule has 0 aliphatic heterocycles. The van der Waals surface area contributed by atoms with E-state index in [4.69, 9.17) is 5.73 Å². The molecule has 7 nitrogen and oxygen atoms in total. The van der Waals surface area contributed by atoms with E-state index in [0.717, 1.165) is 34.9 Å². The second kappa shape index (κ2) is 6.61. The van der Waals surface area contributed by atoms with Crippen molar-refractivity contribution in [1.82, 2.24) is 19.3 Å². The standard InChI is InChI=1S/C19H20N6O/c1-24-16-6-3-2-5-14(16)18(23-24)19(26)22-13-7-8-17-15(11-13)21-12-25(17)10-4-9-20/h2-3,5-8,11-12H,4,9-10,20H2,1H3,(H,22,26). The van der Waals surface area contributed by atoms with Crippen molar-refractivity contribution in [2.24, 2.45) is 12.8 Å². The number of hydrogen-bond acceptors (Lipinski definition) is 4. The van der Waals surface area contributed by atoms with Crippen LogP contribution in [0.5, 0.6) is 0 Å². The summed E-state index contributed by atoms with van der Waals surface area (Å²) >= 11 is 0. The summed E-state index contributed by atoms with van der Waals surface area (Å²) in [7, 11) is 1.83. The lowest BCUT2D eigenvalue weighted by molar-refractivity contribution is 0.102. The van der Waals surface area contributed by atoms with E-state index in [1.54, 1.807) is 11.0 Å². The number of carbonyl (C=O) groups is 1. The Kier molecular flexibility index (Phi) is 4.14. The third-order valence-corrected chi connectivity index (χ3v) is 4.45. The van der Waals surface area contributed by atoms with Gasteiger partial charge in [-0.15, -0.1) is 0 Å². The number of benzene rings is 2. The molecule has 0 radical (unpaired) electrons. The minimum atomic E-state index is -0.233. The number of aryl methyl sites for hydroxylation is 2. The summed E-state index contributed by atoms with van der Waals surface area (Å²) in [4.78, 5) is 17.1. The van der Waals surface area contributed by atoms with E-state index in [0.29, 0.717) is 17.9 Å². The van der Waals surface area contributed by atoms with Crippen molar-refractivity contribution >= 4 is 33.5 Å². The van der Waals surface area contributed by atoms with Gasteiger partial charge in [-0.1, -0.05) is 18.2 Å². The lowest BCUT2D eigenvalue weighted by Crippen LogP contribution is -2.13. The molecule has 0 aliphatic rings. The highest BCUT2D eigenvalue weighted by Gasteiger charge is 2.16. The number of amides is 1. The molecule has 3 N–H and O–H groups in total. The van der Waals surface area contributed by atoms with Crippen LogP contribution in [0.15, 0.2) is 48.8 Å². The zero-order valence-corrected chi connectivity index (χ0v) is 14.5. The molecule has 0 aliphatic carbocycles. The second-order valence-electron chi connectivity index (χ2n) is 6.23. The van der Waals surface area contributed by atoms with Crippen LogP contribution in [-0.2, 0) is 13.6 Å². The molecular weight excluding hydrogens is 328 g/mol. The minimum absolute atomic E-state index is 0.233. The van der Waals surface area contributed by atoms with Crippen molar-refractivity contribution in [3.8, 4) is 0 Å². The fourth-order valence-electron chi connectivity index (χ4n) is 3.15. The SMILES string of the molecule is Cn1nc(C(=O)Nc2ccc3c(c2)ncn3CCCN)c2ccccc21. The van der Waals surface area contributed by atoms with Crippen LogP contribution >= 0.6 is 0 Å². The molecule has 0 atom stereocenters. The summed E-state index contributed by atoms with van der Waals surface area (Å²) in [5.74, 6) is -0.233. The third kappa shape index (κ3) is 2.82. The van der Waals surface area contributed by atoms with Crippen molar-refractivity contribution in [3.05, 3.63) is 54.5 Å². The second-order valence-corrected chi connectivity index (χ2v) is 6.23. The summed E-state index contributed by atoms with van der Waals surface area (Å²) < 4.78 is 3.78. The van der Waals surface area contributed by atoms with Gasteiger partial charge in [-0.25, -0.2) is 4.98 Å². The maximum Gasteiger partial charge on any atom is 0.276 e. The van der Waals surface area contributed by atoms with Gasteiger partial charge in [-0.3, -0.25) is 9.48 Å². The average molecular weight is 348 g/mol. The zero-order chi connectivity index (χ0) is 18.1. The van der Waals surface area contributed by atoms with E-state index in [2.05, 4.69) is 20.0 Å². The van der Waals surface area contributed by atoms with Gasteiger partial charge in [0.2, 0.25) is 0 Å². The van der Waals surface area contributed by atoms with Crippen LogP contribution in [0, 0.1) is 0 Å². The normalized spacial score (nSPS) is 11.3. The van der Waals surface area contributed by atoms with Gasteiger partial charge in [0.05, 0.1) is 22.9 Å². The molecular formula is C19H20N6O. The fraction of sp³-hybridized carbons (Fsp3) is 0.211. The molecule has 0 unspecified atom stereocenters. The number of nitrogens with two attached hydrogens (primary N) is 1. The summed E-state index contributed by atoms with van der Waals surface area (Å²) in [6.07, 6.45) is 2.70. The highest BCUT2D eigenvalue weighted by Crippen LogP contribution is 2.21. The Morgan fingerprint density at radius 1 is 1.19 bits per heavy atom. The molecule has 0 saturated heterocycles. The number of fused-ring (bicyclic) bond motifs is 2. The third-order valence-electron chi connectivity index (χ3n) is 4.45. The number of carbonyl (C=O) groups excluding carboxylic acids is 1. The predicted octanol–water partition coefficient (Wildman–Crippen LogP) is 2.52. The van der Waals surface area contributed by atoms with E-state index >= 15 is 0 Å². The number of aromatic nitrogens is 4. The smallest absolute Gasteiger partial charge is 0.276 e. The van der Waals surface area contributed by atoms with Crippen LogP contribution in [-0.4, -0.2) is 31.8 Å². The quantitative estimate of drug-likeness (QED) is 0.580. The maximum absolute atomic E-state index is 12.7. The van der Waals surface area contributed by atoms with Crippen molar-refractivity contribution in [1.29, 1.82) is 0 Å². The molecule has 0 bridgehead atoms. The number of nitrogens with zero attached hydrogens (tertiary/aromatic N) is 4. The van der Waals surface area contributed by atoms with Gasteiger partial charge in [0, 0.05) is 24.7 Å². The number of para-hydroxylation sites is 1. The van der Waals surface area contributed by atoms with Gasteiger partial charge >= 0.3 is 0 Å². The van der Waals surface area contributed by atoms with Crippen LogP contribution in [0.4, 0.5) is 5.69 Å². The Balaban J connectivity index is 1.61. The molecule has 132 valence electrons. The molecule has 2 heterocycles. The average Bonchev–Trinajstić information content (AvgIpc) is 3.21. The Bertz CT molecular complexity index is 1090. The Morgan fingerprint density at radius 3 is 2.88 bits per heavy atom. The topological polar surface area (TPSA) is 90.8 Å². The monoisotopic (exact) mass is 348 g/mol. The number of hydrogen-bond donors (Lipinski definition) is 2. The first-order valence-corrected chi connectivity index (χ1v) is 8.55. The van der Waals surface area contributed by atoms with Crippen molar-refractivity contribution in [2.45, 2.75) is 13.0 Å². The minimum Gasteiger partial charge on any atom is -0.331 e. The molecule has 0 fully saturated rings. The first kappa shape index (κ1) is 16.3. The highest BCUT2D eigenvalue weighted by molar-refractivity contribution is 6.11. The zero-order valence-electron chi connectivity index (χ0n) is 14.5. The van der Waals surface area contributed by atoms with E-state index in [1.807, 2.05) is 49.5 Å². The Hall–Kier alpha value is -3.19. The van der Waals surface area contributed by atoms with Crippen molar-refractivity contribution in [2.75, 3.05) is 11.9 Å². The lowest BCUT2D eigenvalue weighted by Gasteiger charge is -2.05. The molecule has 2 aromatic heterocycles. The van der Waals surface area contributed by atoms with Crippen LogP contribution in [0.2, 0.25) is 0 Å². The number of nitrogens with one attached hydrogen (secondary N) is 1. The van der Waals surface area contributed by atoms with Crippen LogP contribution in [0.25, 0.3) is 21.9 Å². The van der Waals surface area contributed by atoms with Gasteiger partial charge in [-0.2, -0.15) is 5.10 Å². The maximum atomic E-state index is 12.7. The number of imidazole rings is 1. The van der Waals surface area contributed by atoms with E-state index < -0.39 is 0 Å². The van der Waals surface area contributed by atoms with Gasteiger partial charge < -0.3 is 15.6 Å². The summed E-state index contributed by atoms with van der Waals surface area (Å²) in [6.45, 7) is 1.48. The van der Waals surface area contributed by atoms with Gasteiger partial charge in [0.25, 0.3) is 5.91 Å². The predicted molar refractivity (Wildman–Crippen MR) is 102 cm³/mol. The lowest BCUT2D eigenvalue weighted by atomic mass is 10.2. The van der Waals surface area contributed by atoms with E-state index in [9.17, 15) is 4.79 Å². The molecule has 7 heteroatoms. The van der Waals surface area contributed by atoms with Crippen LogP contribution in [0.3, 0.4) is 0 Å². The van der Waals surface area contributed by atoms with Crippen molar-refractivity contribution in [3.63, 3.8) is 0 Å². The van der Waals surface area contributed by atoms with Crippen LogP contribution < -0.4 is 11.1 Å². The fourth-order valence-corrected chi connectivity index (χ4v) is 3.15. The molecule has 26 heavy (non-hydrogen) atoms. The highest BCUT2D eigenvalue weighted by atomic mass is 16.2. The molecule has 4 rings (SSSR count). The number of rotatable bonds is 5. The molecule has 0 saturated carbocycles.